The zero-order chi connectivity index (χ0) is 13.3. The summed E-state index contributed by atoms with van der Waals surface area (Å²) in [6.45, 7) is 3.66. The highest BCUT2D eigenvalue weighted by atomic mass is 28.4. The average molecular weight is 262 g/mol. The van der Waals surface area contributed by atoms with Gasteiger partial charge in [-0.3, -0.25) is 0 Å². The molecular formula is C11H22O5Si. The van der Waals surface area contributed by atoms with Crippen LogP contribution in [-0.2, 0) is 22.8 Å². The third kappa shape index (κ3) is 5.45. The van der Waals surface area contributed by atoms with E-state index in [0.717, 1.165) is 18.9 Å². The van der Waals surface area contributed by atoms with Crippen LogP contribution in [-0.4, -0.2) is 43.2 Å². The average Bonchev–Trinajstić information content (AvgIpc) is 2.38. The van der Waals surface area contributed by atoms with E-state index in [0.29, 0.717) is 12.0 Å². The molecule has 100 valence electrons. The highest BCUT2D eigenvalue weighted by Crippen LogP contribution is 2.18. The standard InChI is InChI=1S/C11H22O5Si/c1-10(11(12)13-2)8-6-7-9-17(14-3,15-4)16-5/h1,6-9H2,2-5H3. The Bertz CT molecular complexity index is 242. The molecule has 0 amide bonds. The van der Waals surface area contributed by atoms with Crippen LogP contribution in [0.5, 0.6) is 0 Å². The minimum atomic E-state index is -2.47. The van der Waals surface area contributed by atoms with E-state index >= 15 is 0 Å². The molecule has 0 aliphatic rings. The van der Waals surface area contributed by atoms with Crippen molar-refractivity contribution >= 4 is 14.8 Å². The van der Waals surface area contributed by atoms with Crippen LogP contribution in [0.25, 0.3) is 0 Å². The zero-order valence-corrected chi connectivity index (χ0v) is 12.1. The summed E-state index contributed by atoms with van der Waals surface area (Å²) >= 11 is 0. The van der Waals surface area contributed by atoms with Gasteiger partial charge in [0.05, 0.1) is 7.11 Å². The van der Waals surface area contributed by atoms with Crippen molar-refractivity contribution in [2.45, 2.75) is 25.3 Å². The molecule has 0 aromatic heterocycles. The molecule has 0 bridgehead atoms. The van der Waals surface area contributed by atoms with E-state index in [1.165, 1.54) is 7.11 Å². The van der Waals surface area contributed by atoms with Crippen LogP contribution >= 0.6 is 0 Å². The molecule has 0 radical (unpaired) electrons. The fourth-order valence-corrected chi connectivity index (χ4v) is 3.28. The van der Waals surface area contributed by atoms with E-state index in [9.17, 15) is 4.79 Å². The number of methoxy groups -OCH3 is 1. The van der Waals surface area contributed by atoms with E-state index < -0.39 is 8.80 Å². The van der Waals surface area contributed by atoms with Crippen molar-refractivity contribution in [2.24, 2.45) is 0 Å². The number of unbranched alkanes of at least 4 members (excludes halogenated alkanes) is 1. The van der Waals surface area contributed by atoms with E-state index in [1.807, 2.05) is 0 Å². The predicted molar refractivity (Wildman–Crippen MR) is 66.6 cm³/mol. The van der Waals surface area contributed by atoms with Gasteiger partial charge in [0.1, 0.15) is 0 Å². The van der Waals surface area contributed by atoms with Crippen molar-refractivity contribution in [3.05, 3.63) is 12.2 Å². The molecular weight excluding hydrogens is 240 g/mol. The van der Waals surface area contributed by atoms with Gasteiger partial charge in [0, 0.05) is 32.9 Å². The van der Waals surface area contributed by atoms with E-state index in [2.05, 4.69) is 11.3 Å². The summed E-state index contributed by atoms with van der Waals surface area (Å²) in [7, 11) is 3.65. The predicted octanol–water partition coefficient (Wildman–Crippen LogP) is 1.76. The Labute approximate surface area is 104 Å². The maximum absolute atomic E-state index is 11.1. The van der Waals surface area contributed by atoms with Gasteiger partial charge in [-0.15, -0.1) is 0 Å². The molecule has 0 saturated heterocycles. The van der Waals surface area contributed by atoms with Crippen LogP contribution in [0.3, 0.4) is 0 Å². The molecule has 0 atom stereocenters. The van der Waals surface area contributed by atoms with Crippen LogP contribution in [0, 0.1) is 0 Å². The monoisotopic (exact) mass is 262 g/mol. The Hall–Kier alpha value is -0.693. The zero-order valence-electron chi connectivity index (χ0n) is 11.1. The molecule has 0 rings (SSSR count). The first kappa shape index (κ1) is 16.3. The highest BCUT2D eigenvalue weighted by Gasteiger charge is 2.36. The number of hydrogen-bond donors (Lipinski definition) is 0. The first-order valence-electron chi connectivity index (χ1n) is 5.46. The normalized spacial score (nSPS) is 11.3. The van der Waals surface area contributed by atoms with Crippen molar-refractivity contribution in [3.63, 3.8) is 0 Å². The van der Waals surface area contributed by atoms with Gasteiger partial charge in [-0.1, -0.05) is 6.58 Å². The lowest BCUT2D eigenvalue weighted by atomic mass is 10.1. The quantitative estimate of drug-likeness (QED) is 0.274. The largest absolute Gasteiger partial charge is 0.500 e. The Morgan fingerprint density at radius 2 is 1.59 bits per heavy atom. The highest BCUT2D eigenvalue weighted by molar-refractivity contribution is 6.60. The molecule has 5 nitrogen and oxygen atoms in total. The Kier molecular flexibility index (Phi) is 8.06. The summed E-state index contributed by atoms with van der Waals surface area (Å²) in [6, 6.07) is 0.727. The van der Waals surface area contributed by atoms with Crippen molar-refractivity contribution in [3.8, 4) is 0 Å². The van der Waals surface area contributed by atoms with Gasteiger partial charge in [0.15, 0.2) is 0 Å². The van der Waals surface area contributed by atoms with Gasteiger partial charge in [-0.25, -0.2) is 4.79 Å². The fraction of sp³-hybridized carbons (Fsp3) is 0.727. The molecule has 0 aromatic rings. The molecule has 0 fully saturated rings. The van der Waals surface area contributed by atoms with Gasteiger partial charge >= 0.3 is 14.8 Å². The van der Waals surface area contributed by atoms with Crippen LogP contribution in [0.2, 0.25) is 6.04 Å². The lowest BCUT2D eigenvalue weighted by molar-refractivity contribution is -0.136. The number of esters is 1. The van der Waals surface area contributed by atoms with Crippen LogP contribution < -0.4 is 0 Å². The fourth-order valence-electron chi connectivity index (χ4n) is 1.48. The summed E-state index contributed by atoms with van der Waals surface area (Å²) in [5.74, 6) is -0.348. The Balaban J connectivity index is 3.91. The summed E-state index contributed by atoms with van der Waals surface area (Å²) in [4.78, 5) is 11.1. The minimum Gasteiger partial charge on any atom is -0.466 e. The second-order valence-electron chi connectivity index (χ2n) is 3.60. The van der Waals surface area contributed by atoms with Gasteiger partial charge in [-0.05, 0) is 19.3 Å². The summed E-state index contributed by atoms with van der Waals surface area (Å²) < 4.78 is 20.4. The maximum atomic E-state index is 11.1. The van der Waals surface area contributed by atoms with Crippen molar-refractivity contribution < 1.29 is 22.8 Å². The third-order valence-electron chi connectivity index (χ3n) is 2.62. The van der Waals surface area contributed by atoms with Gasteiger partial charge < -0.3 is 18.0 Å². The molecule has 0 aromatic carbocycles. The molecule has 6 heteroatoms. The minimum absolute atomic E-state index is 0.348. The van der Waals surface area contributed by atoms with Crippen molar-refractivity contribution in [1.82, 2.24) is 0 Å². The molecule has 0 unspecified atom stereocenters. The third-order valence-corrected chi connectivity index (χ3v) is 5.45. The van der Waals surface area contributed by atoms with Gasteiger partial charge in [0.25, 0.3) is 0 Å². The van der Waals surface area contributed by atoms with Crippen molar-refractivity contribution in [2.75, 3.05) is 28.4 Å². The summed E-state index contributed by atoms with van der Waals surface area (Å²) in [5.41, 5.74) is 0.493. The number of rotatable bonds is 9. The topological polar surface area (TPSA) is 54.0 Å². The maximum Gasteiger partial charge on any atom is 0.500 e. The molecule has 0 aliphatic heterocycles. The smallest absolute Gasteiger partial charge is 0.466 e. The van der Waals surface area contributed by atoms with Crippen LogP contribution in [0.1, 0.15) is 19.3 Å². The molecule has 0 heterocycles. The molecule has 17 heavy (non-hydrogen) atoms. The number of carbonyl (C=O) groups is 1. The van der Waals surface area contributed by atoms with Crippen LogP contribution in [0.15, 0.2) is 12.2 Å². The van der Waals surface area contributed by atoms with Gasteiger partial charge in [-0.2, -0.15) is 0 Å². The molecule has 0 saturated carbocycles. The lowest BCUT2D eigenvalue weighted by Gasteiger charge is -2.24. The first-order valence-corrected chi connectivity index (χ1v) is 7.40. The molecule has 0 spiro atoms. The van der Waals surface area contributed by atoms with Gasteiger partial charge in [0.2, 0.25) is 0 Å². The van der Waals surface area contributed by atoms with E-state index in [4.69, 9.17) is 13.3 Å². The second kappa shape index (κ2) is 8.41. The SMILES string of the molecule is C=C(CCCC[Si](OC)(OC)OC)C(=O)OC. The number of ether oxygens (including phenoxy) is 1. The summed E-state index contributed by atoms with van der Waals surface area (Å²) in [6.07, 6.45) is 2.31. The van der Waals surface area contributed by atoms with E-state index in [-0.39, 0.29) is 5.97 Å². The molecule has 0 N–H and O–H groups in total. The second-order valence-corrected chi connectivity index (χ2v) is 6.69. The summed E-state index contributed by atoms with van der Waals surface area (Å²) in [5, 5.41) is 0. The van der Waals surface area contributed by atoms with E-state index in [1.54, 1.807) is 21.3 Å². The van der Waals surface area contributed by atoms with Crippen molar-refractivity contribution in [1.29, 1.82) is 0 Å². The Morgan fingerprint density at radius 1 is 1.06 bits per heavy atom. The Morgan fingerprint density at radius 3 is 2.00 bits per heavy atom. The number of hydrogen-bond acceptors (Lipinski definition) is 5. The lowest BCUT2D eigenvalue weighted by Crippen LogP contribution is -2.42. The number of carbonyl (C=O) groups excluding carboxylic acids is 1. The van der Waals surface area contributed by atoms with Crippen LogP contribution in [0.4, 0.5) is 0 Å². The first-order chi connectivity index (χ1) is 8.05. The molecule has 0 aliphatic carbocycles.